The van der Waals surface area contributed by atoms with E-state index in [-0.39, 0.29) is 0 Å². The molecule has 2 N–H and O–H groups in total. The Morgan fingerprint density at radius 1 is 1.00 bits per heavy atom. The van der Waals surface area contributed by atoms with Crippen LogP contribution in [-0.2, 0) is 10.0 Å². The largest absolute Gasteiger partial charge is 0.320 e. The molecule has 0 spiro atoms. The van der Waals surface area contributed by atoms with E-state index < -0.39 is 10.0 Å². The summed E-state index contributed by atoms with van der Waals surface area (Å²) < 4.78 is 26.9. The van der Waals surface area contributed by atoms with Gasteiger partial charge in [-0.05, 0) is 37.1 Å². The molecule has 1 aromatic carbocycles. The molecule has 1 aliphatic heterocycles. The molecule has 0 amide bonds. The average Bonchev–Trinajstić information content (AvgIpc) is 2.45. The number of hydrogen-bond donors (Lipinski definition) is 1. The molecule has 0 aromatic heterocycles. The zero-order chi connectivity index (χ0) is 15.1. The maximum Gasteiger partial charge on any atom is 0.243 e. The van der Waals surface area contributed by atoms with Gasteiger partial charge >= 0.3 is 0 Å². The number of nitrogens with two attached hydrogens (primary N) is 1. The first-order chi connectivity index (χ1) is 10.1. The van der Waals surface area contributed by atoms with Crippen LogP contribution in [0, 0.1) is 11.8 Å². The summed E-state index contributed by atoms with van der Waals surface area (Å²) in [5.41, 5.74) is 6.11. The van der Waals surface area contributed by atoms with Crippen molar-refractivity contribution < 1.29 is 8.42 Å². The second kappa shape index (κ2) is 7.60. The predicted octanol–water partition coefficient (Wildman–Crippen LogP) is 1.95. The average molecular weight is 306 g/mol. The number of benzene rings is 1. The lowest BCUT2D eigenvalue weighted by Gasteiger charge is -2.24. The number of sulfonamides is 1. The van der Waals surface area contributed by atoms with Crippen molar-refractivity contribution in [2.24, 2.45) is 5.73 Å². The summed E-state index contributed by atoms with van der Waals surface area (Å²) in [5, 5.41) is 0. The lowest BCUT2D eigenvalue weighted by Crippen LogP contribution is -2.33. The summed E-state index contributed by atoms with van der Waals surface area (Å²) in [6.07, 6.45) is 5.32. The quantitative estimate of drug-likeness (QED) is 0.850. The Bertz CT molecular complexity index is 604. The van der Waals surface area contributed by atoms with Crippen molar-refractivity contribution in [2.75, 3.05) is 19.6 Å². The van der Waals surface area contributed by atoms with Gasteiger partial charge in [0.15, 0.2) is 0 Å². The van der Waals surface area contributed by atoms with Crippen LogP contribution in [0.4, 0.5) is 0 Å². The summed E-state index contributed by atoms with van der Waals surface area (Å²) in [6.45, 7) is 1.54. The Kier molecular flexibility index (Phi) is 5.80. The first kappa shape index (κ1) is 16.0. The summed E-state index contributed by atoms with van der Waals surface area (Å²) in [7, 11) is -3.38. The monoisotopic (exact) mass is 306 g/mol. The summed E-state index contributed by atoms with van der Waals surface area (Å²) in [4.78, 5) is 0.348. The molecule has 4 nitrogen and oxygen atoms in total. The lowest BCUT2D eigenvalue weighted by atomic mass is 10.1. The topological polar surface area (TPSA) is 63.4 Å². The van der Waals surface area contributed by atoms with Crippen molar-refractivity contribution in [1.82, 2.24) is 4.31 Å². The van der Waals surface area contributed by atoms with Gasteiger partial charge < -0.3 is 5.73 Å². The van der Waals surface area contributed by atoms with Crippen LogP contribution in [0.1, 0.15) is 37.7 Å². The summed E-state index contributed by atoms with van der Waals surface area (Å²) >= 11 is 0. The predicted molar refractivity (Wildman–Crippen MR) is 84.2 cm³/mol. The van der Waals surface area contributed by atoms with E-state index in [1.54, 1.807) is 28.6 Å². The highest BCUT2D eigenvalue weighted by atomic mass is 32.2. The van der Waals surface area contributed by atoms with Gasteiger partial charge in [-0.1, -0.05) is 31.1 Å². The molecule has 114 valence electrons. The molecule has 0 unspecified atom stereocenters. The van der Waals surface area contributed by atoms with E-state index in [9.17, 15) is 8.42 Å². The van der Waals surface area contributed by atoms with Crippen molar-refractivity contribution >= 4 is 10.0 Å². The number of nitrogens with zero attached hydrogens (tertiary/aromatic N) is 1. The van der Waals surface area contributed by atoms with Gasteiger partial charge in [0.25, 0.3) is 0 Å². The van der Waals surface area contributed by atoms with Gasteiger partial charge in [-0.3, -0.25) is 0 Å². The molecule has 0 radical (unpaired) electrons. The van der Waals surface area contributed by atoms with Gasteiger partial charge in [-0.2, -0.15) is 4.31 Å². The van der Waals surface area contributed by atoms with Crippen LogP contribution in [0.25, 0.3) is 0 Å². The van der Waals surface area contributed by atoms with Gasteiger partial charge in [0, 0.05) is 18.7 Å². The Hall–Kier alpha value is -1.35. The van der Waals surface area contributed by atoms with Gasteiger partial charge in [-0.15, -0.1) is 0 Å². The van der Waals surface area contributed by atoms with Crippen molar-refractivity contribution in [2.45, 2.75) is 37.0 Å². The highest BCUT2D eigenvalue weighted by molar-refractivity contribution is 7.89. The standard InChI is InChI=1S/C16H22N2O2S/c17-12-6-7-15-8-10-16(11-9-15)21(19,20)18-13-4-2-1-3-5-14-18/h8-11H,1-5,12-14,17H2. The fraction of sp³-hybridized carbons (Fsp3) is 0.500. The van der Waals surface area contributed by atoms with E-state index in [0.717, 1.165) is 31.2 Å². The van der Waals surface area contributed by atoms with Crippen LogP contribution in [0.5, 0.6) is 0 Å². The molecule has 0 aliphatic carbocycles. The molecule has 1 aliphatic rings. The highest BCUT2D eigenvalue weighted by Gasteiger charge is 2.24. The molecule has 1 aromatic rings. The second-order valence-corrected chi connectivity index (χ2v) is 7.14. The van der Waals surface area contributed by atoms with Crippen molar-refractivity contribution in [3.05, 3.63) is 29.8 Å². The number of rotatable bonds is 2. The van der Waals surface area contributed by atoms with Crippen LogP contribution >= 0.6 is 0 Å². The minimum atomic E-state index is -3.38. The van der Waals surface area contributed by atoms with E-state index in [1.807, 2.05) is 0 Å². The fourth-order valence-electron chi connectivity index (χ4n) is 2.47. The normalized spacial score (nSPS) is 17.4. The third kappa shape index (κ3) is 4.31. The molecule has 21 heavy (non-hydrogen) atoms. The van der Waals surface area contributed by atoms with Crippen molar-refractivity contribution in [1.29, 1.82) is 0 Å². The van der Waals surface area contributed by atoms with Crippen LogP contribution in [0.3, 0.4) is 0 Å². The Morgan fingerprint density at radius 3 is 2.14 bits per heavy atom. The maximum absolute atomic E-state index is 12.6. The zero-order valence-electron chi connectivity index (χ0n) is 12.2. The van der Waals surface area contributed by atoms with E-state index in [1.165, 1.54) is 6.42 Å². The van der Waals surface area contributed by atoms with Gasteiger partial charge in [-0.25, -0.2) is 8.42 Å². The Balaban J connectivity index is 2.17. The third-order valence-electron chi connectivity index (χ3n) is 3.64. The molecular weight excluding hydrogens is 284 g/mol. The molecule has 5 heteroatoms. The highest BCUT2D eigenvalue weighted by Crippen LogP contribution is 2.20. The molecule has 1 saturated heterocycles. The fourth-order valence-corrected chi connectivity index (χ4v) is 3.99. The molecule has 0 atom stereocenters. The molecule has 1 heterocycles. The molecule has 1 fully saturated rings. The Labute approximate surface area is 127 Å². The third-order valence-corrected chi connectivity index (χ3v) is 5.55. The Morgan fingerprint density at radius 2 is 1.57 bits per heavy atom. The van der Waals surface area contributed by atoms with Crippen LogP contribution in [0.2, 0.25) is 0 Å². The van der Waals surface area contributed by atoms with Crippen LogP contribution < -0.4 is 5.73 Å². The summed E-state index contributed by atoms with van der Waals surface area (Å²) in [5.74, 6) is 5.66. The summed E-state index contributed by atoms with van der Waals surface area (Å²) in [6, 6.07) is 6.74. The SMILES string of the molecule is NCC#Cc1ccc(S(=O)(=O)N2CCCCCCC2)cc1. The van der Waals surface area contributed by atoms with E-state index in [4.69, 9.17) is 5.73 Å². The minimum Gasteiger partial charge on any atom is -0.320 e. The van der Waals surface area contributed by atoms with Gasteiger partial charge in [0.05, 0.1) is 11.4 Å². The van der Waals surface area contributed by atoms with Gasteiger partial charge in [0.2, 0.25) is 10.0 Å². The lowest BCUT2D eigenvalue weighted by molar-refractivity contribution is 0.364. The van der Waals surface area contributed by atoms with Gasteiger partial charge in [0.1, 0.15) is 0 Å². The number of hydrogen-bond acceptors (Lipinski definition) is 3. The minimum absolute atomic E-state index is 0.299. The van der Waals surface area contributed by atoms with E-state index in [0.29, 0.717) is 24.5 Å². The smallest absolute Gasteiger partial charge is 0.243 e. The zero-order valence-corrected chi connectivity index (χ0v) is 13.0. The first-order valence-corrected chi connectivity index (χ1v) is 8.88. The van der Waals surface area contributed by atoms with Crippen LogP contribution in [-0.4, -0.2) is 32.4 Å². The van der Waals surface area contributed by atoms with Crippen molar-refractivity contribution in [3.63, 3.8) is 0 Å². The second-order valence-electron chi connectivity index (χ2n) is 5.20. The molecular formula is C16H22N2O2S. The van der Waals surface area contributed by atoms with Crippen molar-refractivity contribution in [3.8, 4) is 11.8 Å². The van der Waals surface area contributed by atoms with E-state index in [2.05, 4.69) is 11.8 Å². The maximum atomic E-state index is 12.6. The first-order valence-electron chi connectivity index (χ1n) is 7.44. The molecule has 0 bridgehead atoms. The van der Waals surface area contributed by atoms with Crippen LogP contribution in [0.15, 0.2) is 29.2 Å². The van der Waals surface area contributed by atoms with E-state index >= 15 is 0 Å². The molecule has 2 rings (SSSR count). The molecule has 0 saturated carbocycles.